The molecule has 0 aliphatic carbocycles. The molecule has 1 heterocycles. The molecule has 1 saturated heterocycles. The summed E-state index contributed by atoms with van der Waals surface area (Å²) in [4.78, 5) is 21.1. The van der Waals surface area contributed by atoms with Crippen molar-refractivity contribution in [2.24, 2.45) is 4.99 Å². The number of rotatable bonds is 8. The Balaban J connectivity index is 1.32. The quantitative estimate of drug-likeness (QED) is 0.503. The number of amides is 1. The monoisotopic (exact) mass is 423 g/mol. The summed E-state index contributed by atoms with van der Waals surface area (Å²) in [5.74, 6) is 1.77. The van der Waals surface area contributed by atoms with Gasteiger partial charge in [-0.1, -0.05) is 30.3 Å². The highest BCUT2D eigenvalue weighted by molar-refractivity contribution is 5.81. The van der Waals surface area contributed by atoms with Gasteiger partial charge in [0.15, 0.2) is 5.96 Å². The number of ether oxygens (including phenoxy) is 1. The van der Waals surface area contributed by atoms with Crippen LogP contribution in [0.15, 0.2) is 59.6 Å². The minimum atomic E-state index is 0.189. The van der Waals surface area contributed by atoms with E-state index in [0.29, 0.717) is 13.0 Å². The van der Waals surface area contributed by atoms with Gasteiger partial charge in [0.1, 0.15) is 5.75 Å². The van der Waals surface area contributed by atoms with Crippen LogP contribution in [0, 0.1) is 0 Å². The summed E-state index contributed by atoms with van der Waals surface area (Å²) < 4.78 is 5.18. The number of methoxy groups -OCH3 is 1. The molecule has 0 bridgehead atoms. The van der Waals surface area contributed by atoms with E-state index in [1.54, 1.807) is 14.2 Å². The zero-order valence-electron chi connectivity index (χ0n) is 18.5. The number of guanidine groups is 1. The van der Waals surface area contributed by atoms with Gasteiger partial charge < -0.3 is 25.2 Å². The molecule has 31 heavy (non-hydrogen) atoms. The van der Waals surface area contributed by atoms with Crippen molar-refractivity contribution in [3.8, 4) is 5.75 Å². The highest BCUT2D eigenvalue weighted by Gasteiger charge is 2.20. The topological polar surface area (TPSA) is 69.2 Å². The average molecular weight is 424 g/mol. The van der Waals surface area contributed by atoms with E-state index in [4.69, 9.17) is 4.74 Å². The van der Waals surface area contributed by atoms with Gasteiger partial charge in [-0.05, 0) is 36.2 Å². The lowest BCUT2D eigenvalue weighted by atomic mass is 10.1. The molecule has 2 aromatic rings. The molecule has 1 aliphatic heterocycles. The fourth-order valence-electron chi connectivity index (χ4n) is 3.64. The number of nitrogens with zero attached hydrogens (tertiary/aromatic N) is 3. The number of anilines is 1. The number of hydrogen-bond acceptors (Lipinski definition) is 4. The van der Waals surface area contributed by atoms with Gasteiger partial charge in [-0.15, -0.1) is 0 Å². The number of aliphatic imine (C=N–C) groups is 1. The van der Waals surface area contributed by atoms with Gasteiger partial charge in [-0.3, -0.25) is 9.79 Å². The Morgan fingerprint density at radius 2 is 1.65 bits per heavy atom. The number of para-hydroxylation sites is 1. The predicted octanol–water partition coefficient (Wildman–Crippen LogP) is 2.14. The second-order valence-corrected chi connectivity index (χ2v) is 7.48. The van der Waals surface area contributed by atoms with Crippen molar-refractivity contribution in [3.05, 3.63) is 60.2 Å². The van der Waals surface area contributed by atoms with Crippen LogP contribution >= 0.6 is 0 Å². The van der Waals surface area contributed by atoms with Crippen molar-refractivity contribution in [2.75, 3.05) is 58.3 Å². The highest BCUT2D eigenvalue weighted by Crippen LogP contribution is 2.15. The van der Waals surface area contributed by atoms with Crippen LogP contribution in [-0.2, 0) is 11.2 Å². The van der Waals surface area contributed by atoms with Crippen LogP contribution < -0.4 is 20.3 Å². The van der Waals surface area contributed by atoms with Crippen LogP contribution in [0.2, 0.25) is 0 Å². The molecule has 0 atom stereocenters. The van der Waals surface area contributed by atoms with Crippen LogP contribution in [-0.4, -0.2) is 70.2 Å². The standard InChI is InChI=1S/C24H33N5O2/c1-25-24(26-14-12-20-8-10-22(31-2)11-9-20)27-15-13-23(30)29-18-16-28(17-19-29)21-6-4-3-5-7-21/h3-11H,12-19H2,1-2H3,(H2,25,26,27). The Kier molecular flexibility index (Phi) is 8.58. The van der Waals surface area contributed by atoms with Gasteiger partial charge in [0, 0.05) is 58.4 Å². The lowest BCUT2D eigenvalue weighted by Gasteiger charge is -2.36. The smallest absolute Gasteiger partial charge is 0.224 e. The van der Waals surface area contributed by atoms with Crippen LogP contribution in [0.4, 0.5) is 5.69 Å². The van der Waals surface area contributed by atoms with Gasteiger partial charge in [-0.2, -0.15) is 0 Å². The van der Waals surface area contributed by atoms with E-state index in [1.165, 1.54) is 11.3 Å². The molecule has 1 amide bonds. The second-order valence-electron chi connectivity index (χ2n) is 7.48. The molecule has 2 N–H and O–H groups in total. The molecule has 1 fully saturated rings. The summed E-state index contributed by atoms with van der Waals surface area (Å²) >= 11 is 0. The summed E-state index contributed by atoms with van der Waals surface area (Å²) in [5.41, 5.74) is 2.45. The lowest BCUT2D eigenvalue weighted by Crippen LogP contribution is -2.49. The van der Waals surface area contributed by atoms with Gasteiger partial charge in [0.2, 0.25) is 5.91 Å². The fraction of sp³-hybridized carbons (Fsp3) is 0.417. The maximum atomic E-state index is 12.6. The summed E-state index contributed by atoms with van der Waals surface area (Å²) in [6.07, 6.45) is 1.35. The summed E-state index contributed by atoms with van der Waals surface area (Å²) in [7, 11) is 3.41. The van der Waals surface area contributed by atoms with Crippen molar-refractivity contribution >= 4 is 17.6 Å². The van der Waals surface area contributed by atoms with Gasteiger partial charge in [0.25, 0.3) is 0 Å². The summed E-state index contributed by atoms with van der Waals surface area (Å²) in [6.45, 7) is 4.61. The summed E-state index contributed by atoms with van der Waals surface area (Å²) in [5, 5.41) is 6.54. The molecular weight excluding hydrogens is 390 g/mol. The highest BCUT2D eigenvalue weighted by atomic mass is 16.5. The number of carbonyl (C=O) groups is 1. The molecule has 2 aromatic carbocycles. The lowest BCUT2D eigenvalue weighted by molar-refractivity contribution is -0.131. The van der Waals surface area contributed by atoms with E-state index in [0.717, 1.165) is 50.9 Å². The molecule has 0 unspecified atom stereocenters. The molecule has 0 radical (unpaired) electrons. The maximum absolute atomic E-state index is 12.6. The molecular formula is C24H33N5O2. The number of nitrogens with one attached hydrogen (secondary N) is 2. The van der Waals surface area contributed by atoms with E-state index in [9.17, 15) is 4.79 Å². The van der Waals surface area contributed by atoms with E-state index < -0.39 is 0 Å². The first-order chi connectivity index (χ1) is 15.2. The molecule has 7 heteroatoms. The van der Waals surface area contributed by atoms with E-state index in [1.807, 2.05) is 23.1 Å². The van der Waals surface area contributed by atoms with E-state index in [-0.39, 0.29) is 5.91 Å². The number of benzene rings is 2. The Morgan fingerprint density at radius 3 is 2.29 bits per heavy atom. The summed E-state index contributed by atoms with van der Waals surface area (Å²) in [6, 6.07) is 18.4. The number of hydrogen-bond donors (Lipinski definition) is 2. The second kappa shape index (κ2) is 11.8. The largest absolute Gasteiger partial charge is 0.497 e. The molecule has 3 rings (SSSR count). The maximum Gasteiger partial charge on any atom is 0.224 e. The SMILES string of the molecule is CN=C(NCCC(=O)N1CCN(c2ccccc2)CC1)NCCc1ccc(OC)cc1. The average Bonchev–Trinajstić information content (AvgIpc) is 2.84. The number of piperazine rings is 1. The van der Waals surface area contributed by atoms with E-state index >= 15 is 0 Å². The van der Waals surface area contributed by atoms with Crippen LogP contribution in [0.25, 0.3) is 0 Å². The first kappa shape index (κ1) is 22.5. The molecule has 7 nitrogen and oxygen atoms in total. The molecule has 0 spiro atoms. The van der Waals surface area contributed by atoms with E-state index in [2.05, 4.69) is 56.9 Å². The van der Waals surface area contributed by atoms with Crippen molar-refractivity contribution in [2.45, 2.75) is 12.8 Å². The Hall–Kier alpha value is -3.22. The Morgan fingerprint density at radius 1 is 0.968 bits per heavy atom. The minimum Gasteiger partial charge on any atom is -0.497 e. The van der Waals surface area contributed by atoms with Crippen molar-refractivity contribution in [1.29, 1.82) is 0 Å². The third-order valence-electron chi connectivity index (χ3n) is 5.47. The van der Waals surface area contributed by atoms with Crippen LogP contribution in [0.1, 0.15) is 12.0 Å². The molecule has 0 aromatic heterocycles. The molecule has 166 valence electrons. The zero-order valence-corrected chi connectivity index (χ0v) is 18.5. The fourth-order valence-corrected chi connectivity index (χ4v) is 3.64. The third-order valence-corrected chi connectivity index (χ3v) is 5.47. The first-order valence-electron chi connectivity index (χ1n) is 10.8. The predicted molar refractivity (Wildman–Crippen MR) is 126 cm³/mol. The third kappa shape index (κ3) is 6.91. The number of carbonyl (C=O) groups excluding carboxylic acids is 1. The zero-order chi connectivity index (χ0) is 21.9. The Labute approximate surface area is 185 Å². The molecule has 0 saturated carbocycles. The van der Waals surface area contributed by atoms with Crippen LogP contribution in [0.3, 0.4) is 0 Å². The van der Waals surface area contributed by atoms with Crippen molar-refractivity contribution in [3.63, 3.8) is 0 Å². The Bertz CT molecular complexity index is 831. The molecule has 1 aliphatic rings. The minimum absolute atomic E-state index is 0.189. The van der Waals surface area contributed by atoms with Gasteiger partial charge in [0.05, 0.1) is 7.11 Å². The first-order valence-corrected chi connectivity index (χ1v) is 10.8. The van der Waals surface area contributed by atoms with Crippen molar-refractivity contribution < 1.29 is 9.53 Å². The van der Waals surface area contributed by atoms with Crippen molar-refractivity contribution in [1.82, 2.24) is 15.5 Å². The van der Waals surface area contributed by atoms with Gasteiger partial charge in [-0.25, -0.2) is 0 Å². The normalized spacial score (nSPS) is 14.3. The van der Waals surface area contributed by atoms with Crippen LogP contribution in [0.5, 0.6) is 5.75 Å². The van der Waals surface area contributed by atoms with Gasteiger partial charge >= 0.3 is 0 Å².